The number of halogens is 2. The summed E-state index contributed by atoms with van der Waals surface area (Å²) in [6.45, 7) is 6.63. The number of amides is 2. The number of anilines is 1. The second kappa shape index (κ2) is 11.5. The van der Waals surface area contributed by atoms with Crippen LogP contribution in [0, 0.1) is 0 Å². The maximum Gasteiger partial charge on any atom is 0.244 e. The summed E-state index contributed by atoms with van der Waals surface area (Å²) in [7, 11) is -2.34. The van der Waals surface area contributed by atoms with E-state index in [9.17, 15) is 18.0 Å². The molecule has 1 atom stereocenters. The number of carbonyl (C=O) groups excluding carboxylic acids is 2. The number of nitrogens with one attached hydrogen (secondary N) is 1. The number of nitrogens with zero attached hydrogens (tertiary/aromatic N) is 2. The van der Waals surface area contributed by atoms with Crippen molar-refractivity contribution >= 4 is 50.7 Å². The largest absolute Gasteiger partial charge is 0.497 e. The summed E-state index contributed by atoms with van der Waals surface area (Å²) in [5.41, 5.74) is 0.381. The minimum atomic E-state index is -3.87. The van der Waals surface area contributed by atoms with Gasteiger partial charge < -0.3 is 15.0 Å². The minimum Gasteiger partial charge on any atom is -0.497 e. The van der Waals surface area contributed by atoms with Crippen molar-refractivity contribution in [2.24, 2.45) is 0 Å². The summed E-state index contributed by atoms with van der Waals surface area (Å²) in [6.07, 6.45) is 0.991. The van der Waals surface area contributed by atoms with Crippen LogP contribution in [-0.4, -0.2) is 56.6 Å². The first-order chi connectivity index (χ1) is 16.1. The van der Waals surface area contributed by atoms with Crippen LogP contribution in [0.5, 0.6) is 5.75 Å². The Morgan fingerprint density at radius 1 is 1.09 bits per heavy atom. The molecule has 0 aromatic heterocycles. The number of carbonyl (C=O) groups is 2. The van der Waals surface area contributed by atoms with Crippen molar-refractivity contribution in [1.82, 2.24) is 10.2 Å². The maximum atomic E-state index is 13.5. The van der Waals surface area contributed by atoms with E-state index in [4.69, 9.17) is 27.9 Å². The van der Waals surface area contributed by atoms with E-state index in [1.807, 2.05) is 20.8 Å². The summed E-state index contributed by atoms with van der Waals surface area (Å²) in [5.74, 6) is -0.342. The highest BCUT2D eigenvalue weighted by molar-refractivity contribution is 7.92. The Balaban J connectivity index is 2.44. The van der Waals surface area contributed by atoms with E-state index < -0.39 is 34.1 Å². The van der Waals surface area contributed by atoms with Crippen LogP contribution < -0.4 is 14.4 Å². The summed E-state index contributed by atoms with van der Waals surface area (Å²) < 4.78 is 31.4. The number of sulfonamides is 1. The summed E-state index contributed by atoms with van der Waals surface area (Å²) in [6, 6.07) is 10.5. The van der Waals surface area contributed by atoms with Crippen LogP contribution in [0.2, 0.25) is 10.0 Å². The minimum absolute atomic E-state index is 0.0632. The highest BCUT2D eigenvalue weighted by Gasteiger charge is 2.31. The lowest BCUT2D eigenvalue weighted by Crippen LogP contribution is -2.54. The normalized spacial score (nSPS) is 12.6. The van der Waals surface area contributed by atoms with Gasteiger partial charge in [-0.3, -0.25) is 13.9 Å². The highest BCUT2D eigenvalue weighted by atomic mass is 35.5. The van der Waals surface area contributed by atoms with Crippen molar-refractivity contribution in [2.45, 2.75) is 45.8 Å². The molecule has 0 saturated carbocycles. The molecule has 0 aliphatic carbocycles. The molecular weight excluding hydrogens is 513 g/mol. The van der Waals surface area contributed by atoms with Gasteiger partial charge in [0.25, 0.3) is 0 Å². The van der Waals surface area contributed by atoms with Crippen LogP contribution in [0.3, 0.4) is 0 Å². The average Bonchev–Trinajstić information content (AvgIpc) is 2.75. The topological polar surface area (TPSA) is 96.0 Å². The van der Waals surface area contributed by atoms with Gasteiger partial charge in [-0.15, -0.1) is 0 Å². The number of rotatable bonds is 9. The number of ether oxygens (including phenoxy) is 1. The zero-order valence-corrected chi connectivity index (χ0v) is 23.0. The molecule has 2 rings (SSSR count). The zero-order chi connectivity index (χ0) is 26.6. The molecule has 0 bridgehead atoms. The monoisotopic (exact) mass is 543 g/mol. The lowest BCUT2D eigenvalue weighted by atomic mass is 10.1. The third-order valence-corrected chi connectivity index (χ3v) is 6.90. The van der Waals surface area contributed by atoms with Crippen molar-refractivity contribution in [1.29, 1.82) is 0 Å². The molecule has 0 fully saturated rings. The van der Waals surface area contributed by atoms with Crippen molar-refractivity contribution < 1.29 is 22.7 Å². The first kappa shape index (κ1) is 28.7. The lowest BCUT2D eigenvalue weighted by Gasteiger charge is -2.33. The fourth-order valence-corrected chi connectivity index (χ4v) is 4.41. The van der Waals surface area contributed by atoms with Crippen LogP contribution in [-0.2, 0) is 26.2 Å². The molecular formula is C24H31Cl2N3O5S. The molecule has 0 heterocycles. The highest BCUT2D eigenvalue weighted by Crippen LogP contribution is 2.28. The first-order valence-electron chi connectivity index (χ1n) is 10.8. The standard InChI is InChI=1S/C24H31Cl2N3O5S/c1-16(23(31)27-24(2,3)4)28(14-17-8-7-9-19(12-17)34-5)22(30)15-29(35(6,32)33)18-10-11-20(25)21(26)13-18/h7-13,16H,14-15H2,1-6H3,(H,27,31)/t16-/m1/s1. The van der Waals surface area contributed by atoms with Crippen molar-refractivity contribution in [3.8, 4) is 5.75 Å². The van der Waals surface area contributed by atoms with Crippen molar-refractivity contribution in [2.75, 3.05) is 24.2 Å². The Morgan fingerprint density at radius 3 is 2.29 bits per heavy atom. The number of hydrogen-bond donors (Lipinski definition) is 1. The van der Waals surface area contributed by atoms with Gasteiger partial charge in [0.1, 0.15) is 18.3 Å². The average molecular weight is 545 g/mol. The first-order valence-corrected chi connectivity index (χ1v) is 13.4. The Morgan fingerprint density at radius 2 is 1.74 bits per heavy atom. The Hall–Kier alpha value is -2.49. The molecule has 0 aliphatic heterocycles. The Bertz CT molecular complexity index is 1180. The smallest absolute Gasteiger partial charge is 0.244 e. The van der Waals surface area contributed by atoms with E-state index in [0.717, 1.165) is 10.6 Å². The third-order valence-electron chi connectivity index (χ3n) is 5.02. The fourth-order valence-electron chi connectivity index (χ4n) is 3.28. The van der Waals surface area contributed by atoms with Gasteiger partial charge in [-0.25, -0.2) is 8.42 Å². The molecule has 2 amide bonds. The van der Waals surface area contributed by atoms with Gasteiger partial charge >= 0.3 is 0 Å². The van der Waals surface area contributed by atoms with Gasteiger partial charge in [0.2, 0.25) is 21.8 Å². The molecule has 0 saturated heterocycles. The quantitative estimate of drug-likeness (QED) is 0.513. The fraction of sp³-hybridized carbons (Fsp3) is 0.417. The Labute approximate surface area is 217 Å². The predicted octanol–water partition coefficient (Wildman–Crippen LogP) is 4.10. The predicted molar refractivity (Wildman–Crippen MR) is 140 cm³/mol. The van der Waals surface area contributed by atoms with Crippen LogP contribution in [0.4, 0.5) is 5.69 Å². The molecule has 11 heteroatoms. The maximum absolute atomic E-state index is 13.5. The zero-order valence-electron chi connectivity index (χ0n) is 20.6. The van der Waals surface area contributed by atoms with E-state index >= 15 is 0 Å². The summed E-state index contributed by atoms with van der Waals surface area (Å²) in [5, 5.41) is 3.27. The molecule has 8 nitrogen and oxygen atoms in total. The van der Waals surface area contributed by atoms with E-state index in [-0.39, 0.29) is 28.2 Å². The second-order valence-electron chi connectivity index (χ2n) is 9.16. The lowest BCUT2D eigenvalue weighted by molar-refractivity contribution is -0.140. The SMILES string of the molecule is COc1cccc(CN(C(=O)CN(c2ccc(Cl)c(Cl)c2)S(C)(=O)=O)[C@H](C)C(=O)NC(C)(C)C)c1. The van der Waals surface area contributed by atoms with E-state index in [1.54, 1.807) is 31.2 Å². The van der Waals surface area contributed by atoms with Gasteiger partial charge in [-0.1, -0.05) is 35.3 Å². The van der Waals surface area contributed by atoms with E-state index in [2.05, 4.69) is 5.32 Å². The van der Waals surface area contributed by atoms with Gasteiger partial charge in [0.15, 0.2) is 0 Å². The molecule has 1 N–H and O–H groups in total. The van der Waals surface area contributed by atoms with Crippen LogP contribution in [0.1, 0.15) is 33.3 Å². The van der Waals surface area contributed by atoms with Crippen molar-refractivity contribution in [3.05, 3.63) is 58.1 Å². The van der Waals surface area contributed by atoms with Crippen LogP contribution in [0.15, 0.2) is 42.5 Å². The molecule has 0 unspecified atom stereocenters. The molecule has 192 valence electrons. The summed E-state index contributed by atoms with van der Waals surface area (Å²) in [4.78, 5) is 27.8. The molecule has 2 aromatic rings. The third kappa shape index (κ3) is 8.30. The van der Waals surface area contributed by atoms with E-state index in [1.165, 1.54) is 30.2 Å². The molecule has 0 radical (unpaired) electrons. The molecule has 0 spiro atoms. The number of methoxy groups -OCH3 is 1. The van der Waals surface area contributed by atoms with Crippen LogP contribution in [0.25, 0.3) is 0 Å². The second-order valence-corrected chi connectivity index (χ2v) is 11.9. The molecule has 2 aromatic carbocycles. The van der Waals surface area contributed by atoms with Gasteiger partial charge in [-0.05, 0) is 63.6 Å². The number of hydrogen-bond acceptors (Lipinski definition) is 5. The van der Waals surface area contributed by atoms with Gasteiger partial charge in [0, 0.05) is 12.1 Å². The van der Waals surface area contributed by atoms with Crippen LogP contribution >= 0.6 is 23.2 Å². The molecule has 35 heavy (non-hydrogen) atoms. The van der Waals surface area contributed by atoms with Gasteiger partial charge in [-0.2, -0.15) is 0 Å². The van der Waals surface area contributed by atoms with Crippen molar-refractivity contribution in [3.63, 3.8) is 0 Å². The number of benzene rings is 2. The molecule has 0 aliphatic rings. The Kier molecular flexibility index (Phi) is 9.44. The summed E-state index contributed by atoms with van der Waals surface area (Å²) >= 11 is 12.1. The van der Waals surface area contributed by atoms with Gasteiger partial charge in [0.05, 0.1) is 29.1 Å². The van der Waals surface area contributed by atoms with E-state index in [0.29, 0.717) is 11.3 Å².